The second-order valence-corrected chi connectivity index (χ2v) is 7.62. The summed E-state index contributed by atoms with van der Waals surface area (Å²) in [4.78, 5) is 35.9. The SMILES string of the molecule is CN1CCN(C(=O)C2=COC3=NC(=O)N(Cc4ccccc4C(F)(F)F)CCN23)CC1. The van der Waals surface area contributed by atoms with E-state index in [1.807, 2.05) is 7.05 Å². The van der Waals surface area contributed by atoms with Gasteiger partial charge >= 0.3 is 18.2 Å². The molecular weight excluding hydrogens is 415 g/mol. The van der Waals surface area contributed by atoms with Gasteiger partial charge in [0.2, 0.25) is 0 Å². The molecule has 0 N–H and O–H groups in total. The number of halogens is 3. The summed E-state index contributed by atoms with van der Waals surface area (Å²) in [5.74, 6) is -0.221. The number of benzene rings is 1. The van der Waals surface area contributed by atoms with Crippen molar-refractivity contribution in [1.82, 2.24) is 19.6 Å². The van der Waals surface area contributed by atoms with E-state index in [0.29, 0.717) is 13.1 Å². The van der Waals surface area contributed by atoms with Crippen LogP contribution in [-0.2, 0) is 22.3 Å². The molecule has 0 spiro atoms. The van der Waals surface area contributed by atoms with Gasteiger partial charge in [0.05, 0.1) is 5.56 Å². The molecule has 3 aliphatic heterocycles. The topological polar surface area (TPSA) is 68.7 Å². The summed E-state index contributed by atoms with van der Waals surface area (Å²) < 4.78 is 45.2. The maximum atomic E-state index is 13.3. The average Bonchev–Trinajstić information content (AvgIpc) is 3.06. The Kier molecular flexibility index (Phi) is 5.61. The van der Waals surface area contributed by atoms with E-state index in [1.165, 1.54) is 34.3 Å². The standard InChI is InChI=1S/C20H22F3N5O3/c1-25-6-8-26(9-7-25)17(29)16-13-31-19-24-18(30)27(10-11-28(16)19)12-14-4-2-3-5-15(14)20(21,22)23/h2-5,13H,6-12H2,1H3. The Morgan fingerprint density at radius 2 is 1.81 bits per heavy atom. The number of carbonyl (C=O) groups is 2. The number of ether oxygens (including phenoxy) is 1. The van der Waals surface area contributed by atoms with E-state index in [4.69, 9.17) is 4.74 Å². The predicted molar refractivity (Wildman–Crippen MR) is 105 cm³/mol. The molecule has 0 aliphatic carbocycles. The number of rotatable bonds is 3. The fourth-order valence-electron chi connectivity index (χ4n) is 3.73. The molecule has 8 nitrogen and oxygen atoms in total. The first-order chi connectivity index (χ1) is 14.7. The highest BCUT2D eigenvalue weighted by Crippen LogP contribution is 2.32. The van der Waals surface area contributed by atoms with Gasteiger partial charge in [-0.3, -0.25) is 9.69 Å². The number of amides is 3. The van der Waals surface area contributed by atoms with Gasteiger partial charge in [-0.15, -0.1) is 4.99 Å². The molecule has 3 heterocycles. The number of hydrogen-bond donors (Lipinski definition) is 0. The van der Waals surface area contributed by atoms with Crippen molar-refractivity contribution in [3.63, 3.8) is 0 Å². The zero-order valence-corrected chi connectivity index (χ0v) is 16.9. The van der Waals surface area contributed by atoms with E-state index in [0.717, 1.165) is 19.2 Å². The molecule has 0 unspecified atom stereocenters. The highest BCUT2D eigenvalue weighted by Gasteiger charge is 2.37. The number of likely N-dealkylation sites (N-methyl/N-ethyl adjacent to an activating group) is 1. The third-order valence-electron chi connectivity index (χ3n) is 5.55. The van der Waals surface area contributed by atoms with Crippen LogP contribution in [0.1, 0.15) is 11.1 Å². The largest absolute Gasteiger partial charge is 0.431 e. The van der Waals surface area contributed by atoms with Gasteiger partial charge < -0.3 is 19.4 Å². The maximum Gasteiger partial charge on any atom is 0.416 e. The van der Waals surface area contributed by atoms with Crippen molar-refractivity contribution >= 4 is 18.0 Å². The lowest BCUT2D eigenvalue weighted by Crippen LogP contribution is -2.49. The van der Waals surface area contributed by atoms with Crippen LogP contribution in [0.5, 0.6) is 0 Å². The Balaban J connectivity index is 1.48. The van der Waals surface area contributed by atoms with E-state index in [2.05, 4.69) is 9.89 Å². The van der Waals surface area contributed by atoms with Crippen molar-refractivity contribution in [3.8, 4) is 0 Å². The molecule has 1 fully saturated rings. The van der Waals surface area contributed by atoms with Crippen molar-refractivity contribution < 1.29 is 27.5 Å². The van der Waals surface area contributed by atoms with Crippen LogP contribution in [0.15, 0.2) is 41.2 Å². The second-order valence-electron chi connectivity index (χ2n) is 7.62. The van der Waals surface area contributed by atoms with Gasteiger partial charge in [-0.1, -0.05) is 18.2 Å². The molecule has 3 amide bonds. The first kappa shape index (κ1) is 21.2. The van der Waals surface area contributed by atoms with Crippen LogP contribution in [0, 0.1) is 0 Å². The van der Waals surface area contributed by atoms with Crippen molar-refractivity contribution in [2.45, 2.75) is 12.7 Å². The normalized spacial score (nSPS) is 20.1. The van der Waals surface area contributed by atoms with Crippen LogP contribution in [0.2, 0.25) is 0 Å². The van der Waals surface area contributed by atoms with Crippen LogP contribution in [0.25, 0.3) is 0 Å². The molecule has 0 aromatic heterocycles. The first-order valence-electron chi connectivity index (χ1n) is 9.89. The summed E-state index contributed by atoms with van der Waals surface area (Å²) in [5, 5.41) is 0. The van der Waals surface area contributed by atoms with Gasteiger partial charge in [0.1, 0.15) is 12.0 Å². The average molecular weight is 437 g/mol. The van der Waals surface area contributed by atoms with E-state index in [1.54, 1.807) is 4.90 Å². The molecule has 1 aromatic rings. The Bertz CT molecular complexity index is 938. The van der Waals surface area contributed by atoms with Gasteiger partial charge in [0.15, 0.2) is 0 Å². The molecule has 31 heavy (non-hydrogen) atoms. The van der Waals surface area contributed by atoms with Crippen LogP contribution in [0.4, 0.5) is 18.0 Å². The number of carbonyl (C=O) groups excluding carboxylic acids is 2. The summed E-state index contributed by atoms with van der Waals surface area (Å²) >= 11 is 0. The fraction of sp³-hybridized carbons (Fsp3) is 0.450. The Morgan fingerprint density at radius 3 is 2.52 bits per heavy atom. The van der Waals surface area contributed by atoms with Crippen molar-refractivity contribution in [2.75, 3.05) is 46.3 Å². The maximum absolute atomic E-state index is 13.3. The highest BCUT2D eigenvalue weighted by atomic mass is 19.4. The van der Waals surface area contributed by atoms with E-state index < -0.39 is 17.8 Å². The molecule has 0 bridgehead atoms. The molecule has 0 saturated carbocycles. The number of aliphatic imine (C=N–C) groups is 1. The molecule has 3 aliphatic rings. The molecule has 0 radical (unpaired) electrons. The molecule has 4 rings (SSSR count). The minimum Gasteiger partial charge on any atom is -0.431 e. The second kappa shape index (κ2) is 8.22. The third-order valence-corrected chi connectivity index (χ3v) is 5.55. The number of alkyl halides is 3. The summed E-state index contributed by atoms with van der Waals surface area (Å²) in [7, 11) is 1.98. The third kappa shape index (κ3) is 4.36. The van der Waals surface area contributed by atoms with Gasteiger partial charge in [0, 0.05) is 45.8 Å². The molecular formula is C20H22F3N5O3. The van der Waals surface area contributed by atoms with Crippen LogP contribution >= 0.6 is 0 Å². The molecule has 1 aromatic carbocycles. The monoisotopic (exact) mass is 437 g/mol. The minimum atomic E-state index is -4.52. The quantitative estimate of drug-likeness (QED) is 0.723. The van der Waals surface area contributed by atoms with Crippen LogP contribution in [-0.4, -0.2) is 83.9 Å². The number of nitrogens with zero attached hydrogens (tertiary/aromatic N) is 5. The zero-order valence-electron chi connectivity index (χ0n) is 16.9. The predicted octanol–water partition coefficient (Wildman–Crippen LogP) is 1.94. The lowest BCUT2D eigenvalue weighted by atomic mass is 10.1. The van der Waals surface area contributed by atoms with Crippen LogP contribution in [0.3, 0.4) is 0 Å². The van der Waals surface area contributed by atoms with E-state index in [9.17, 15) is 22.8 Å². The summed E-state index contributed by atoms with van der Waals surface area (Å²) in [6.45, 7) is 2.69. The van der Waals surface area contributed by atoms with Crippen molar-refractivity contribution in [2.24, 2.45) is 4.99 Å². The number of hydrogen-bond acceptors (Lipinski definition) is 5. The van der Waals surface area contributed by atoms with E-state index >= 15 is 0 Å². The zero-order chi connectivity index (χ0) is 22.2. The lowest BCUT2D eigenvalue weighted by molar-refractivity contribution is -0.138. The van der Waals surface area contributed by atoms with Gasteiger partial charge in [-0.05, 0) is 18.7 Å². The van der Waals surface area contributed by atoms with Gasteiger partial charge in [-0.2, -0.15) is 13.2 Å². The Hall–Kier alpha value is -3.08. The highest BCUT2D eigenvalue weighted by molar-refractivity contribution is 6.01. The summed E-state index contributed by atoms with van der Waals surface area (Å²) in [5.41, 5.74) is -0.535. The fourth-order valence-corrected chi connectivity index (χ4v) is 3.73. The summed E-state index contributed by atoms with van der Waals surface area (Å²) in [6, 6.07) is 4.39. The Morgan fingerprint density at radius 1 is 1.10 bits per heavy atom. The molecule has 11 heteroatoms. The molecule has 1 saturated heterocycles. The van der Waals surface area contributed by atoms with Crippen molar-refractivity contribution in [1.29, 1.82) is 0 Å². The number of urea groups is 1. The molecule has 166 valence electrons. The molecule has 0 atom stereocenters. The summed E-state index contributed by atoms with van der Waals surface area (Å²) in [6.07, 6.45) is -3.24. The van der Waals surface area contributed by atoms with Crippen molar-refractivity contribution in [3.05, 3.63) is 47.4 Å². The lowest BCUT2D eigenvalue weighted by Gasteiger charge is -2.33. The Labute approximate surface area is 177 Å². The number of amidine groups is 1. The smallest absolute Gasteiger partial charge is 0.416 e. The number of fused-ring (bicyclic) bond motifs is 1. The first-order valence-corrected chi connectivity index (χ1v) is 9.89. The van der Waals surface area contributed by atoms with E-state index in [-0.39, 0.29) is 42.8 Å². The minimum absolute atomic E-state index is 0.0178. The van der Waals surface area contributed by atoms with Crippen LogP contribution < -0.4 is 0 Å². The number of piperazine rings is 1. The van der Waals surface area contributed by atoms with Gasteiger partial charge in [-0.25, -0.2) is 4.79 Å². The van der Waals surface area contributed by atoms with Gasteiger partial charge in [0.25, 0.3) is 5.91 Å².